The molecule has 0 unspecified atom stereocenters. The van der Waals surface area contributed by atoms with Crippen molar-refractivity contribution in [1.29, 1.82) is 0 Å². The highest BCUT2D eigenvalue weighted by Crippen LogP contribution is 2.25. The van der Waals surface area contributed by atoms with Gasteiger partial charge in [-0.3, -0.25) is 4.79 Å². The van der Waals surface area contributed by atoms with Gasteiger partial charge in [-0.2, -0.15) is 5.10 Å². The molecule has 2 N–H and O–H groups in total. The molecular formula is C16H16N2O3. The molecule has 1 amide bonds. The van der Waals surface area contributed by atoms with Crippen LogP contribution in [0.1, 0.15) is 21.5 Å². The molecule has 0 fully saturated rings. The molecule has 2 aromatic rings. The smallest absolute Gasteiger partial charge is 0.271 e. The van der Waals surface area contributed by atoms with Crippen LogP contribution >= 0.6 is 0 Å². The van der Waals surface area contributed by atoms with Crippen molar-refractivity contribution >= 4 is 12.1 Å². The van der Waals surface area contributed by atoms with E-state index in [0.29, 0.717) is 16.9 Å². The van der Waals surface area contributed by atoms with Crippen molar-refractivity contribution < 1.29 is 14.6 Å². The van der Waals surface area contributed by atoms with Crippen molar-refractivity contribution in [1.82, 2.24) is 5.43 Å². The average molecular weight is 284 g/mol. The second-order valence-corrected chi connectivity index (χ2v) is 4.45. The molecule has 0 bridgehead atoms. The number of benzene rings is 2. The Bertz CT molecular complexity index is 681. The highest BCUT2D eigenvalue weighted by molar-refractivity contribution is 5.96. The van der Waals surface area contributed by atoms with Crippen LogP contribution in [0.25, 0.3) is 0 Å². The lowest BCUT2D eigenvalue weighted by Gasteiger charge is -2.04. The van der Waals surface area contributed by atoms with E-state index in [9.17, 15) is 9.90 Å². The first-order valence-corrected chi connectivity index (χ1v) is 6.38. The summed E-state index contributed by atoms with van der Waals surface area (Å²) in [5.41, 5.74) is 4.56. The highest BCUT2D eigenvalue weighted by atomic mass is 16.5. The molecule has 108 valence electrons. The summed E-state index contributed by atoms with van der Waals surface area (Å²) in [6.07, 6.45) is 1.45. The Morgan fingerprint density at radius 3 is 2.71 bits per heavy atom. The van der Waals surface area contributed by atoms with Crippen molar-refractivity contribution in [3.8, 4) is 11.5 Å². The maximum Gasteiger partial charge on any atom is 0.271 e. The van der Waals surface area contributed by atoms with Gasteiger partial charge >= 0.3 is 0 Å². The molecule has 0 aromatic heterocycles. The molecule has 0 saturated carbocycles. The number of nitrogens with one attached hydrogen (secondary N) is 1. The first kappa shape index (κ1) is 14.6. The molecule has 0 aliphatic carbocycles. The zero-order valence-corrected chi connectivity index (χ0v) is 11.8. The number of methoxy groups -OCH3 is 1. The number of nitrogens with zero attached hydrogens (tertiary/aromatic N) is 1. The van der Waals surface area contributed by atoms with Crippen LogP contribution in [0, 0.1) is 6.92 Å². The van der Waals surface area contributed by atoms with Crippen molar-refractivity contribution in [2.75, 3.05) is 7.11 Å². The zero-order chi connectivity index (χ0) is 15.2. The van der Waals surface area contributed by atoms with E-state index in [1.54, 1.807) is 24.3 Å². The lowest BCUT2D eigenvalue weighted by Crippen LogP contribution is -2.18. The van der Waals surface area contributed by atoms with Crippen molar-refractivity contribution in [2.45, 2.75) is 6.92 Å². The van der Waals surface area contributed by atoms with Gasteiger partial charge in [0.25, 0.3) is 5.91 Å². The fourth-order valence-corrected chi connectivity index (χ4v) is 1.84. The highest BCUT2D eigenvalue weighted by Gasteiger charge is 2.06. The maximum absolute atomic E-state index is 11.9. The Kier molecular flexibility index (Phi) is 4.56. The Morgan fingerprint density at radius 2 is 2.05 bits per heavy atom. The SMILES string of the molecule is COc1ccc(C=NNC(=O)c2ccccc2C)cc1O. The van der Waals surface area contributed by atoms with Crippen LogP contribution in [0.5, 0.6) is 11.5 Å². The van der Waals surface area contributed by atoms with Crippen LogP contribution in [0.2, 0.25) is 0 Å². The normalized spacial score (nSPS) is 10.6. The summed E-state index contributed by atoms with van der Waals surface area (Å²) >= 11 is 0. The van der Waals surface area contributed by atoms with Gasteiger partial charge in [0.1, 0.15) is 0 Å². The van der Waals surface area contributed by atoms with Crippen molar-refractivity contribution in [3.63, 3.8) is 0 Å². The van der Waals surface area contributed by atoms with Gasteiger partial charge < -0.3 is 9.84 Å². The van der Waals surface area contributed by atoms with Crippen LogP contribution in [-0.4, -0.2) is 24.3 Å². The minimum Gasteiger partial charge on any atom is -0.504 e. The summed E-state index contributed by atoms with van der Waals surface area (Å²) < 4.78 is 4.95. The Labute approximate surface area is 122 Å². The Morgan fingerprint density at radius 1 is 1.29 bits per heavy atom. The molecule has 5 heteroatoms. The summed E-state index contributed by atoms with van der Waals surface area (Å²) in [5, 5.41) is 13.5. The van der Waals surface area contributed by atoms with E-state index < -0.39 is 0 Å². The summed E-state index contributed by atoms with van der Waals surface area (Å²) in [4.78, 5) is 11.9. The van der Waals surface area contributed by atoms with Gasteiger partial charge in [0.15, 0.2) is 11.5 Å². The van der Waals surface area contributed by atoms with Gasteiger partial charge in [0.2, 0.25) is 0 Å². The number of aryl methyl sites for hydroxylation is 1. The van der Waals surface area contributed by atoms with E-state index in [4.69, 9.17) is 4.74 Å². The van der Waals surface area contributed by atoms with E-state index in [1.165, 1.54) is 19.4 Å². The van der Waals surface area contributed by atoms with E-state index in [-0.39, 0.29) is 11.7 Å². The molecule has 0 spiro atoms. The number of carbonyl (C=O) groups excluding carboxylic acids is 1. The fraction of sp³-hybridized carbons (Fsp3) is 0.125. The third kappa shape index (κ3) is 3.60. The van der Waals surface area contributed by atoms with Gasteiger partial charge in [-0.15, -0.1) is 0 Å². The molecule has 2 rings (SSSR count). The quantitative estimate of drug-likeness (QED) is 0.669. The Balaban J connectivity index is 2.04. The molecular weight excluding hydrogens is 268 g/mol. The number of rotatable bonds is 4. The predicted molar refractivity (Wildman–Crippen MR) is 80.9 cm³/mol. The molecule has 21 heavy (non-hydrogen) atoms. The average Bonchev–Trinajstić information content (AvgIpc) is 2.48. The number of phenolic OH excluding ortho intramolecular Hbond substituents is 1. The number of phenols is 1. The molecule has 0 aliphatic rings. The molecule has 0 heterocycles. The topological polar surface area (TPSA) is 70.9 Å². The van der Waals surface area contributed by atoms with E-state index in [0.717, 1.165) is 5.56 Å². The second-order valence-electron chi connectivity index (χ2n) is 4.45. The molecule has 2 aromatic carbocycles. The van der Waals surface area contributed by atoms with Crippen LogP contribution < -0.4 is 10.2 Å². The lowest BCUT2D eigenvalue weighted by atomic mass is 10.1. The summed E-state index contributed by atoms with van der Waals surface area (Å²) in [7, 11) is 1.48. The molecule has 0 aliphatic heterocycles. The largest absolute Gasteiger partial charge is 0.504 e. The van der Waals surface area contributed by atoms with Crippen molar-refractivity contribution in [3.05, 3.63) is 59.2 Å². The number of aromatic hydroxyl groups is 1. The van der Waals surface area contributed by atoms with Crippen LogP contribution in [0.4, 0.5) is 0 Å². The zero-order valence-electron chi connectivity index (χ0n) is 11.8. The number of hydrogen-bond acceptors (Lipinski definition) is 4. The molecule has 0 atom stereocenters. The molecule has 0 radical (unpaired) electrons. The minimum atomic E-state index is -0.276. The Hall–Kier alpha value is -2.82. The minimum absolute atomic E-state index is 0.0201. The van der Waals surface area contributed by atoms with Gasteiger partial charge in [0, 0.05) is 5.56 Å². The van der Waals surface area contributed by atoms with Crippen LogP contribution in [0.3, 0.4) is 0 Å². The van der Waals surface area contributed by atoms with Gasteiger partial charge in [-0.05, 0) is 42.3 Å². The van der Waals surface area contributed by atoms with Crippen LogP contribution in [-0.2, 0) is 0 Å². The van der Waals surface area contributed by atoms with Gasteiger partial charge in [0.05, 0.1) is 13.3 Å². The first-order chi connectivity index (χ1) is 10.1. The number of amides is 1. The summed E-state index contributed by atoms with van der Waals surface area (Å²) in [6.45, 7) is 1.86. The van der Waals surface area contributed by atoms with E-state index in [2.05, 4.69) is 10.5 Å². The van der Waals surface area contributed by atoms with Crippen molar-refractivity contribution in [2.24, 2.45) is 5.10 Å². The predicted octanol–water partition coefficient (Wildman–Crippen LogP) is 2.47. The monoisotopic (exact) mass is 284 g/mol. The van der Waals surface area contributed by atoms with Gasteiger partial charge in [-0.25, -0.2) is 5.43 Å². The maximum atomic E-state index is 11.9. The standard InChI is InChI=1S/C16H16N2O3/c1-11-5-3-4-6-13(11)16(20)18-17-10-12-7-8-15(21-2)14(19)9-12/h3-10,19H,1-2H3,(H,18,20). The second kappa shape index (κ2) is 6.56. The number of ether oxygens (including phenoxy) is 1. The summed E-state index contributed by atoms with van der Waals surface area (Å²) in [5.74, 6) is 0.129. The number of hydrogen-bond donors (Lipinski definition) is 2. The van der Waals surface area contributed by atoms with Crippen LogP contribution in [0.15, 0.2) is 47.6 Å². The first-order valence-electron chi connectivity index (χ1n) is 6.38. The lowest BCUT2D eigenvalue weighted by molar-refractivity contribution is 0.0954. The fourth-order valence-electron chi connectivity index (χ4n) is 1.84. The number of carbonyl (C=O) groups is 1. The molecule has 5 nitrogen and oxygen atoms in total. The van der Waals surface area contributed by atoms with E-state index >= 15 is 0 Å². The van der Waals surface area contributed by atoms with Gasteiger partial charge in [-0.1, -0.05) is 18.2 Å². The summed E-state index contributed by atoms with van der Waals surface area (Å²) in [6, 6.07) is 12.1. The number of hydrazone groups is 1. The molecule has 0 saturated heterocycles. The third-order valence-electron chi connectivity index (χ3n) is 2.97. The third-order valence-corrected chi connectivity index (χ3v) is 2.97. The van der Waals surface area contributed by atoms with E-state index in [1.807, 2.05) is 19.1 Å².